The van der Waals surface area contributed by atoms with Gasteiger partial charge in [-0.3, -0.25) is 4.79 Å². The van der Waals surface area contributed by atoms with Crippen LogP contribution < -0.4 is 0 Å². The number of fused-ring (bicyclic) bond motifs is 1. The summed E-state index contributed by atoms with van der Waals surface area (Å²) in [6, 6.07) is 0.373. The lowest BCUT2D eigenvalue weighted by atomic mass is 10.0. The molecule has 3 rings (SSSR count). The van der Waals surface area contributed by atoms with E-state index < -0.39 is 0 Å². The average molecular weight is 335 g/mol. The first-order valence-corrected chi connectivity index (χ1v) is 9.51. The van der Waals surface area contributed by atoms with E-state index in [1.165, 1.54) is 16.9 Å². The lowest BCUT2D eigenvalue weighted by Crippen LogP contribution is -2.42. The molecule has 0 bridgehead atoms. The minimum absolute atomic E-state index is 0.230. The maximum Gasteiger partial charge on any atom is 0.233 e. The summed E-state index contributed by atoms with van der Waals surface area (Å²) >= 11 is 3.24. The fourth-order valence-corrected chi connectivity index (χ4v) is 4.94. The van der Waals surface area contributed by atoms with E-state index in [1.807, 2.05) is 4.90 Å². The standard InChI is InChI=1S/C16H21N3OS2/c1-10-6-4-5-7-19(10)13(20)8-21-15-14-11(2)12(3)22-16(14)18-9-17-15/h9-10H,4-8H2,1-3H3/t10-/m0/s1. The van der Waals surface area contributed by atoms with Crippen molar-refractivity contribution in [2.24, 2.45) is 0 Å². The van der Waals surface area contributed by atoms with E-state index in [4.69, 9.17) is 0 Å². The van der Waals surface area contributed by atoms with Crippen LogP contribution in [0.5, 0.6) is 0 Å². The molecule has 0 aromatic carbocycles. The van der Waals surface area contributed by atoms with E-state index in [0.717, 1.165) is 34.6 Å². The Hall–Kier alpha value is -1.14. The molecule has 0 spiro atoms. The van der Waals surface area contributed by atoms with Crippen molar-refractivity contribution in [3.63, 3.8) is 0 Å². The quantitative estimate of drug-likeness (QED) is 0.632. The van der Waals surface area contributed by atoms with Crippen LogP contribution in [0.4, 0.5) is 0 Å². The highest BCUT2D eigenvalue weighted by molar-refractivity contribution is 8.00. The number of aromatic nitrogens is 2. The smallest absolute Gasteiger partial charge is 0.233 e. The minimum Gasteiger partial charge on any atom is -0.339 e. The number of amides is 1. The number of thiophene rings is 1. The maximum atomic E-state index is 12.5. The molecule has 0 radical (unpaired) electrons. The zero-order valence-electron chi connectivity index (χ0n) is 13.3. The predicted molar refractivity (Wildman–Crippen MR) is 92.6 cm³/mol. The molecule has 1 aliphatic rings. The molecular formula is C16H21N3OS2. The summed E-state index contributed by atoms with van der Waals surface area (Å²) in [5.74, 6) is 0.693. The molecular weight excluding hydrogens is 314 g/mol. The van der Waals surface area contributed by atoms with Crippen molar-refractivity contribution in [2.75, 3.05) is 12.3 Å². The Kier molecular flexibility index (Phi) is 4.68. The molecule has 1 fully saturated rings. The van der Waals surface area contributed by atoms with Gasteiger partial charge in [-0.2, -0.15) is 0 Å². The van der Waals surface area contributed by atoms with Crippen LogP contribution in [-0.4, -0.2) is 39.1 Å². The zero-order valence-corrected chi connectivity index (χ0v) is 14.9. The number of rotatable bonds is 3. The first kappa shape index (κ1) is 15.7. The third-order valence-corrected chi connectivity index (χ3v) is 6.48. The molecule has 0 unspecified atom stereocenters. The van der Waals surface area contributed by atoms with Crippen molar-refractivity contribution < 1.29 is 4.79 Å². The van der Waals surface area contributed by atoms with Gasteiger partial charge in [-0.1, -0.05) is 11.8 Å². The van der Waals surface area contributed by atoms with Gasteiger partial charge in [0.2, 0.25) is 5.91 Å². The summed E-state index contributed by atoms with van der Waals surface area (Å²) < 4.78 is 0. The van der Waals surface area contributed by atoms with Crippen molar-refractivity contribution in [1.29, 1.82) is 0 Å². The molecule has 1 atom stereocenters. The van der Waals surface area contributed by atoms with Gasteiger partial charge in [0, 0.05) is 22.8 Å². The summed E-state index contributed by atoms with van der Waals surface area (Å²) in [6.45, 7) is 7.26. The minimum atomic E-state index is 0.230. The fourth-order valence-electron chi connectivity index (χ4n) is 2.94. The second kappa shape index (κ2) is 6.54. The van der Waals surface area contributed by atoms with Gasteiger partial charge in [0.1, 0.15) is 16.2 Å². The Bertz CT molecular complexity index is 698. The molecule has 0 saturated carbocycles. The van der Waals surface area contributed by atoms with Crippen LogP contribution in [0, 0.1) is 13.8 Å². The van der Waals surface area contributed by atoms with Gasteiger partial charge in [0.05, 0.1) is 5.75 Å². The lowest BCUT2D eigenvalue weighted by molar-refractivity contribution is -0.131. The third-order valence-electron chi connectivity index (χ3n) is 4.39. The number of nitrogens with zero attached hydrogens (tertiary/aromatic N) is 3. The molecule has 1 aliphatic heterocycles. The summed E-state index contributed by atoms with van der Waals surface area (Å²) in [6.07, 6.45) is 5.09. The van der Waals surface area contributed by atoms with Gasteiger partial charge in [-0.05, 0) is 45.6 Å². The third kappa shape index (κ3) is 2.99. The Balaban J connectivity index is 1.75. The van der Waals surface area contributed by atoms with E-state index in [0.29, 0.717) is 11.8 Å². The number of carbonyl (C=O) groups excluding carboxylic acids is 1. The number of thioether (sulfide) groups is 1. The highest BCUT2D eigenvalue weighted by Gasteiger charge is 2.23. The summed E-state index contributed by atoms with van der Waals surface area (Å²) in [7, 11) is 0. The van der Waals surface area contributed by atoms with Crippen LogP contribution >= 0.6 is 23.1 Å². The molecule has 118 valence electrons. The maximum absolute atomic E-state index is 12.5. The number of piperidine rings is 1. The lowest BCUT2D eigenvalue weighted by Gasteiger charge is -2.33. The fraction of sp³-hybridized carbons (Fsp3) is 0.562. The molecule has 6 heteroatoms. The summed E-state index contributed by atoms with van der Waals surface area (Å²) in [5.41, 5.74) is 1.24. The SMILES string of the molecule is Cc1sc2ncnc(SCC(=O)N3CCCC[C@@H]3C)c2c1C. The predicted octanol–water partition coefficient (Wildman–Crippen LogP) is 3.80. The largest absolute Gasteiger partial charge is 0.339 e. The van der Waals surface area contributed by atoms with Gasteiger partial charge in [-0.25, -0.2) is 9.97 Å². The van der Waals surface area contributed by atoms with Crippen molar-refractivity contribution in [1.82, 2.24) is 14.9 Å². The Morgan fingerprint density at radius 1 is 1.41 bits per heavy atom. The summed E-state index contributed by atoms with van der Waals surface area (Å²) in [5, 5.41) is 2.05. The Morgan fingerprint density at radius 3 is 3.00 bits per heavy atom. The first-order chi connectivity index (χ1) is 10.6. The second-order valence-electron chi connectivity index (χ2n) is 5.86. The molecule has 0 N–H and O–H groups in total. The van der Waals surface area contributed by atoms with E-state index in [1.54, 1.807) is 29.4 Å². The molecule has 3 heterocycles. The molecule has 1 amide bonds. The number of hydrogen-bond donors (Lipinski definition) is 0. The van der Waals surface area contributed by atoms with Crippen molar-refractivity contribution in [3.8, 4) is 0 Å². The van der Waals surface area contributed by atoms with Gasteiger partial charge in [0.25, 0.3) is 0 Å². The summed E-state index contributed by atoms with van der Waals surface area (Å²) in [4.78, 5) is 25.5. The number of aryl methyl sites for hydroxylation is 2. The van der Waals surface area contributed by atoms with Crippen LogP contribution in [-0.2, 0) is 4.79 Å². The topological polar surface area (TPSA) is 46.1 Å². The molecule has 22 heavy (non-hydrogen) atoms. The monoisotopic (exact) mass is 335 g/mol. The average Bonchev–Trinajstić information content (AvgIpc) is 2.81. The van der Waals surface area contributed by atoms with E-state index in [2.05, 4.69) is 30.7 Å². The van der Waals surface area contributed by atoms with Gasteiger partial charge in [0.15, 0.2) is 0 Å². The number of carbonyl (C=O) groups is 1. The number of likely N-dealkylation sites (tertiary alicyclic amines) is 1. The normalized spacial score (nSPS) is 18.9. The van der Waals surface area contributed by atoms with Crippen LogP contribution in [0.25, 0.3) is 10.2 Å². The zero-order chi connectivity index (χ0) is 15.7. The number of hydrogen-bond acceptors (Lipinski definition) is 5. The molecule has 4 nitrogen and oxygen atoms in total. The van der Waals surface area contributed by atoms with Crippen LogP contribution in [0.2, 0.25) is 0 Å². The molecule has 0 aliphatic carbocycles. The van der Waals surface area contributed by atoms with E-state index >= 15 is 0 Å². The first-order valence-electron chi connectivity index (χ1n) is 7.71. The molecule has 2 aromatic heterocycles. The van der Waals surface area contributed by atoms with Crippen LogP contribution in [0.15, 0.2) is 11.4 Å². The van der Waals surface area contributed by atoms with Gasteiger partial charge >= 0.3 is 0 Å². The molecule has 2 aromatic rings. The van der Waals surface area contributed by atoms with Gasteiger partial charge < -0.3 is 4.90 Å². The highest BCUT2D eigenvalue weighted by Crippen LogP contribution is 2.34. The van der Waals surface area contributed by atoms with Crippen molar-refractivity contribution in [3.05, 3.63) is 16.8 Å². The molecule has 1 saturated heterocycles. The Labute approximate surface area is 139 Å². The van der Waals surface area contributed by atoms with E-state index in [9.17, 15) is 4.79 Å². The van der Waals surface area contributed by atoms with Crippen molar-refractivity contribution >= 4 is 39.2 Å². The van der Waals surface area contributed by atoms with Gasteiger partial charge in [-0.15, -0.1) is 11.3 Å². The van der Waals surface area contributed by atoms with Crippen molar-refractivity contribution in [2.45, 2.75) is 51.1 Å². The van der Waals surface area contributed by atoms with Crippen LogP contribution in [0.3, 0.4) is 0 Å². The van der Waals surface area contributed by atoms with Crippen LogP contribution in [0.1, 0.15) is 36.6 Å². The Morgan fingerprint density at radius 2 is 2.23 bits per heavy atom. The second-order valence-corrected chi connectivity index (χ2v) is 8.03. The highest BCUT2D eigenvalue weighted by atomic mass is 32.2. The van der Waals surface area contributed by atoms with E-state index in [-0.39, 0.29) is 5.91 Å².